The number of hydrogen-bond donors (Lipinski definition) is 1. The van der Waals surface area contributed by atoms with Crippen LogP contribution >= 0.6 is 11.3 Å². The van der Waals surface area contributed by atoms with E-state index in [1.54, 1.807) is 11.6 Å². The van der Waals surface area contributed by atoms with Crippen molar-refractivity contribution in [1.29, 1.82) is 0 Å². The highest BCUT2D eigenvalue weighted by Crippen LogP contribution is 2.32. The number of aryl methyl sites for hydroxylation is 1. The zero-order valence-corrected chi connectivity index (χ0v) is 11.2. The molecule has 0 aliphatic rings. The van der Waals surface area contributed by atoms with E-state index >= 15 is 0 Å². The Balaban J connectivity index is 2.30. The van der Waals surface area contributed by atoms with Crippen LogP contribution in [0, 0.1) is 6.92 Å². The Hall–Kier alpha value is -1.82. The monoisotopic (exact) mass is 282 g/mol. The molecule has 3 nitrogen and oxygen atoms in total. The summed E-state index contributed by atoms with van der Waals surface area (Å²) >= 11 is 1.03. The first-order valence-corrected chi connectivity index (χ1v) is 6.46. The van der Waals surface area contributed by atoms with E-state index in [0.717, 1.165) is 22.5 Å². The Morgan fingerprint density at radius 3 is 2.63 bits per heavy atom. The average Bonchev–Trinajstić information content (AvgIpc) is 2.80. The Morgan fingerprint density at radius 2 is 2.11 bits per heavy atom. The second-order valence-electron chi connectivity index (χ2n) is 4.11. The third-order valence-electron chi connectivity index (χ3n) is 2.54. The van der Waals surface area contributed by atoms with Crippen molar-refractivity contribution in [3.63, 3.8) is 0 Å². The Kier molecular flexibility index (Phi) is 3.90. The zero-order valence-electron chi connectivity index (χ0n) is 10.4. The lowest BCUT2D eigenvalue weighted by molar-refractivity contribution is -0.114. The fourth-order valence-corrected chi connectivity index (χ4v) is 2.41. The highest BCUT2D eigenvalue weighted by atomic mass is 32.1. The van der Waals surface area contributed by atoms with Gasteiger partial charge in [0, 0.05) is 18.7 Å². The summed E-state index contributed by atoms with van der Waals surface area (Å²) in [7, 11) is 0. The largest absolute Gasteiger partial charge is 0.311 e. The van der Waals surface area contributed by atoms with Gasteiger partial charge < -0.3 is 5.32 Å². The van der Waals surface area contributed by atoms with E-state index in [-0.39, 0.29) is 10.8 Å². The first-order chi connectivity index (χ1) is 8.97. The quantitative estimate of drug-likeness (QED) is 0.924. The standard InChI is InChI=1S/C13H12F2N2OS/c1-7-3-9(5-16-13(7)17-8(2)18)10-4-11(12(14)15)19-6-10/h3-6,12H,1-2H3,(H,16,17,18). The summed E-state index contributed by atoms with van der Waals surface area (Å²) in [6.07, 6.45) is -0.887. The van der Waals surface area contributed by atoms with E-state index < -0.39 is 6.43 Å². The van der Waals surface area contributed by atoms with Crippen LogP contribution < -0.4 is 5.32 Å². The van der Waals surface area contributed by atoms with Crippen molar-refractivity contribution in [3.8, 4) is 11.1 Å². The lowest BCUT2D eigenvalue weighted by atomic mass is 10.1. The van der Waals surface area contributed by atoms with E-state index in [0.29, 0.717) is 11.4 Å². The van der Waals surface area contributed by atoms with Gasteiger partial charge in [-0.15, -0.1) is 11.3 Å². The lowest BCUT2D eigenvalue weighted by Gasteiger charge is -2.06. The SMILES string of the molecule is CC(=O)Nc1ncc(-c2csc(C(F)F)c2)cc1C. The van der Waals surface area contributed by atoms with Gasteiger partial charge in [-0.05, 0) is 35.6 Å². The van der Waals surface area contributed by atoms with E-state index in [4.69, 9.17) is 0 Å². The normalized spacial score (nSPS) is 10.8. The van der Waals surface area contributed by atoms with E-state index in [9.17, 15) is 13.6 Å². The van der Waals surface area contributed by atoms with Crippen molar-refractivity contribution in [2.75, 3.05) is 5.32 Å². The second kappa shape index (κ2) is 5.44. The number of thiophene rings is 1. The number of hydrogen-bond acceptors (Lipinski definition) is 3. The molecule has 0 spiro atoms. The summed E-state index contributed by atoms with van der Waals surface area (Å²) in [6.45, 7) is 3.21. The summed E-state index contributed by atoms with van der Waals surface area (Å²) in [5.74, 6) is 0.291. The first kappa shape index (κ1) is 13.6. The maximum atomic E-state index is 12.5. The van der Waals surface area contributed by atoms with Crippen LogP contribution in [0.5, 0.6) is 0 Å². The summed E-state index contributed by atoms with van der Waals surface area (Å²) in [6, 6.07) is 3.28. The minimum atomic E-state index is -2.45. The molecule has 6 heteroatoms. The smallest absolute Gasteiger partial charge is 0.272 e. The number of nitrogens with zero attached hydrogens (tertiary/aromatic N) is 1. The number of anilines is 1. The van der Waals surface area contributed by atoms with Gasteiger partial charge in [0.25, 0.3) is 6.43 Å². The number of amides is 1. The second-order valence-corrected chi connectivity index (χ2v) is 5.05. The Bertz CT molecular complexity index is 610. The van der Waals surface area contributed by atoms with Crippen LogP contribution in [-0.2, 0) is 4.79 Å². The van der Waals surface area contributed by atoms with Crippen LogP contribution in [0.1, 0.15) is 23.8 Å². The first-order valence-electron chi connectivity index (χ1n) is 5.58. The summed E-state index contributed by atoms with van der Waals surface area (Å²) in [5.41, 5.74) is 2.26. The number of rotatable bonds is 3. The van der Waals surface area contributed by atoms with Crippen molar-refractivity contribution < 1.29 is 13.6 Å². The molecule has 19 heavy (non-hydrogen) atoms. The number of alkyl halides is 2. The molecule has 0 fully saturated rings. The van der Waals surface area contributed by atoms with Crippen LogP contribution in [0.3, 0.4) is 0 Å². The van der Waals surface area contributed by atoms with Crippen molar-refractivity contribution in [3.05, 3.63) is 34.2 Å². The van der Waals surface area contributed by atoms with Gasteiger partial charge in [0.05, 0.1) is 4.88 Å². The topological polar surface area (TPSA) is 42.0 Å². The molecule has 1 N–H and O–H groups in total. The van der Waals surface area contributed by atoms with Crippen molar-refractivity contribution in [1.82, 2.24) is 4.98 Å². The minimum Gasteiger partial charge on any atom is -0.311 e. The number of halogens is 2. The van der Waals surface area contributed by atoms with Crippen LogP contribution in [0.4, 0.5) is 14.6 Å². The molecule has 0 aliphatic heterocycles. The molecule has 0 saturated carbocycles. The van der Waals surface area contributed by atoms with E-state index in [2.05, 4.69) is 10.3 Å². The molecule has 1 amide bonds. The molecule has 0 saturated heterocycles. The molecular formula is C13H12F2N2OS. The summed E-state index contributed by atoms with van der Waals surface area (Å²) in [5, 5.41) is 4.28. The lowest BCUT2D eigenvalue weighted by Crippen LogP contribution is -2.08. The van der Waals surface area contributed by atoms with Gasteiger partial charge in [0.15, 0.2) is 0 Å². The van der Waals surface area contributed by atoms with Crippen LogP contribution in [-0.4, -0.2) is 10.9 Å². The Labute approximate surface area is 113 Å². The molecule has 0 atom stereocenters. The predicted molar refractivity (Wildman–Crippen MR) is 71.5 cm³/mol. The molecule has 0 aromatic carbocycles. The number of pyridine rings is 1. The molecule has 2 rings (SSSR count). The third kappa shape index (κ3) is 3.14. The minimum absolute atomic E-state index is 0.0404. The maximum absolute atomic E-state index is 12.5. The molecule has 0 unspecified atom stereocenters. The number of aromatic nitrogens is 1. The average molecular weight is 282 g/mol. The number of nitrogens with one attached hydrogen (secondary N) is 1. The van der Waals surface area contributed by atoms with Gasteiger partial charge >= 0.3 is 0 Å². The zero-order chi connectivity index (χ0) is 14.0. The predicted octanol–water partition coefficient (Wildman–Crippen LogP) is 4.01. The molecule has 0 bridgehead atoms. The van der Waals surface area contributed by atoms with Gasteiger partial charge in [-0.3, -0.25) is 4.79 Å². The fraction of sp³-hybridized carbons (Fsp3) is 0.231. The molecule has 100 valence electrons. The van der Waals surface area contributed by atoms with Gasteiger partial charge in [-0.25, -0.2) is 13.8 Å². The van der Waals surface area contributed by atoms with Crippen molar-refractivity contribution >= 4 is 23.1 Å². The highest BCUT2D eigenvalue weighted by Gasteiger charge is 2.12. The Morgan fingerprint density at radius 1 is 1.37 bits per heavy atom. The maximum Gasteiger partial charge on any atom is 0.272 e. The summed E-state index contributed by atoms with van der Waals surface area (Å²) in [4.78, 5) is 15.1. The highest BCUT2D eigenvalue weighted by molar-refractivity contribution is 7.10. The molecular weight excluding hydrogens is 270 g/mol. The van der Waals surface area contributed by atoms with Crippen molar-refractivity contribution in [2.45, 2.75) is 20.3 Å². The van der Waals surface area contributed by atoms with E-state index in [1.807, 2.05) is 13.0 Å². The fourth-order valence-electron chi connectivity index (χ4n) is 1.65. The van der Waals surface area contributed by atoms with Crippen LogP contribution in [0.2, 0.25) is 0 Å². The van der Waals surface area contributed by atoms with Crippen LogP contribution in [0.25, 0.3) is 11.1 Å². The van der Waals surface area contributed by atoms with Gasteiger partial charge in [-0.1, -0.05) is 0 Å². The molecule has 2 aromatic rings. The van der Waals surface area contributed by atoms with Gasteiger partial charge in [0.1, 0.15) is 5.82 Å². The van der Waals surface area contributed by atoms with Crippen molar-refractivity contribution in [2.24, 2.45) is 0 Å². The molecule has 0 radical (unpaired) electrons. The molecule has 2 heterocycles. The van der Waals surface area contributed by atoms with Gasteiger partial charge in [-0.2, -0.15) is 0 Å². The third-order valence-corrected chi connectivity index (χ3v) is 3.48. The number of carbonyl (C=O) groups excluding carboxylic acids is 1. The van der Waals surface area contributed by atoms with Gasteiger partial charge in [0.2, 0.25) is 5.91 Å². The number of carbonyl (C=O) groups is 1. The molecule has 2 aromatic heterocycles. The summed E-state index contributed by atoms with van der Waals surface area (Å²) < 4.78 is 25.1. The van der Waals surface area contributed by atoms with E-state index in [1.165, 1.54) is 13.0 Å². The van der Waals surface area contributed by atoms with Crippen LogP contribution in [0.15, 0.2) is 23.7 Å². The molecule has 0 aliphatic carbocycles.